The lowest BCUT2D eigenvalue weighted by molar-refractivity contribution is 0.0952. The third kappa shape index (κ3) is 4.17. The molecule has 20 heavy (non-hydrogen) atoms. The summed E-state index contributed by atoms with van der Waals surface area (Å²) in [6.45, 7) is 2.01. The molecule has 1 amide bonds. The van der Waals surface area contributed by atoms with E-state index in [1.807, 2.05) is 38.4 Å². The summed E-state index contributed by atoms with van der Waals surface area (Å²) in [4.78, 5) is 14.0. The van der Waals surface area contributed by atoms with Crippen molar-refractivity contribution in [1.82, 2.24) is 25.2 Å². The molecule has 106 valence electrons. The number of amides is 1. The summed E-state index contributed by atoms with van der Waals surface area (Å²) in [6, 6.07) is 7.66. The van der Waals surface area contributed by atoms with Crippen molar-refractivity contribution in [3.05, 3.63) is 47.8 Å². The van der Waals surface area contributed by atoms with Gasteiger partial charge in [0.15, 0.2) is 0 Å². The number of aromatic nitrogens is 3. The molecule has 1 aromatic heterocycles. The molecule has 0 spiro atoms. The van der Waals surface area contributed by atoms with E-state index in [1.165, 1.54) is 5.56 Å². The van der Waals surface area contributed by atoms with Crippen molar-refractivity contribution >= 4 is 5.91 Å². The zero-order chi connectivity index (χ0) is 14.4. The first kappa shape index (κ1) is 14.2. The number of hydrogen-bond donors (Lipinski definition) is 1. The van der Waals surface area contributed by atoms with Crippen LogP contribution in [-0.2, 0) is 13.1 Å². The van der Waals surface area contributed by atoms with Crippen LogP contribution in [0.25, 0.3) is 0 Å². The molecule has 1 heterocycles. The van der Waals surface area contributed by atoms with Crippen molar-refractivity contribution in [2.24, 2.45) is 0 Å². The maximum Gasteiger partial charge on any atom is 0.251 e. The average molecular weight is 273 g/mol. The Kier molecular flexibility index (Phi) is 4.84. The van der Waals surface area contributed by atoms with Gasteiger partial charge in [-0.05, 0) is 31.8 Å². The predicted octanol–water partition coefficient (Wildman–Crippen LogP) is 0.770. The van der Waals surface area contributed by atoms with Crippen LogP contribution in [0, 0.1) is 0 Å². The fraction of sp³-hybridized carbons (Fsp3) is 0.357. The van der Waals surface area contributed by atoms with Crippen LogP contribution < -0.4 is 5.32 Å². The summed E-state index contributed by atoms with van der Waals surface area (Å²) < 4.78 is 1.68. The third-order valence-corrected chi connectivity index (χ3v) is 2.81. The topological polar surface area (TPSA) is 63.1 Å². The number of benzene rings is 1. The van der Waals surface area contributed by atoms with E-state index < -0.39 is 0 Å². The molecule has 1 N–H and O–H groups in total. The van der Waals surface area contributed by atoms with E-state index in [0.717, 1.165) is 6.54 Å². The molecular formula is C14H19N5O. The molecule has 0 saturated carbocycles. The highest BCUT2D eigenvalue weighted by Gasteiger charge is 2.05. The highest BCUT2D eigenvalue weighted by molar-refractivity contribution is 5.94. The predicted molar refractivity (Wildman–Crippen MR) is 76.2 cm³/mol. The molecule has 0 radical (unpaired) electrons. The fourth-order valence-corrected chi connectivity index (χ4v) is 1.86. The normalized spacial score (nSPS) is 10.8. The van der Waals surface area contributed by atoms with Gasteiger partial charge in [0.2, 0.25) is 0 Å². The van der Waals surface area contributed by atoms with Crippen LogP contribution in [0.3, 0.4) is 0 Å². The molecule has 0 unspecified atom stereocenters. The van der Waals surface area contributed by atoms with Gasteiger partial charge in [-0.15, -0.1) is 5.10 Å². The Morgan fingerprint density at radius 3 is 2.65 bits per heavy atom. The standard InChI is InChI=1S/C14H19N5O/c1-18(2)11-12-3-5-13(6-4-12)14(20)15-7-9-19-10-8-16-17-19/h3-6,8,10H,7,9,11H2,1-2H3,(H,15,20). The first-order valence-corrected chi connectivity index (χ1v) is 6.51. The Hall–Kier alpha value is -2.21. The monoisotopic (exact) mass is 273 g/mol. The van der Waals surface area contributed by atoms with E-state index in [0.29, 0.717) is 18.7 Å². The van der Waals surface area contributed by atoms with E-state index >= 15 is 0 Å². The molecule has 0 aliphatic heterocycles. The Bertz CT molecular complexity index is 533. The first-order valence-electron chi connectivity index (χ1n) is 6.51. The van der Waals surface area contributed by atoms with E-state index in [-0.39, 0.29) is 5.91 Å². The quantitative estimate of drug-likeness (QED) is 0.844. The fourth-order valence-electron chi connectivity index (χ4n) is 1.86. The second-order valence-corrected chi connectivity index (χ2v) is 4.86. The van der Waals surface area contributed by atoms with Gasteiger partial charge in [-0.2, -0.15) is 0 Å². The zero-order valence-corrected chi connectivity index (χ0v) is 11.8. The van der Waals surface area contributed by atoms with Crippen molar-refractivity contribution in [1.29, 1.82) is 0 Å². The molecule has 0 saturated heterocycles. The molecular weight excluding hydrogens is 254 g/mol. The van der Waals surface area contributed by atoms with Crippen molar-refractivity contribution in [3.63, 3.8) is 0 Å². The van der Waals surface area contributed by atoms with Crippen molar-refractivity contribution in [3.8, 4) is 0 Å². The maximum absolute atomic E-state index is 11.9. The van der Waals surface area contributed by atoms with Crippen LogP contribution in [-0.4, -0.2) is 46.4 Å². The molecule has 6 nitrogen and oxygen atoms in total. The van der Waals surface area contributed by atoms with Gasteiger partial charge in [-0.1, -0.05) is 17.3 Å². The molecule has 1 aromatic carbocycles. The minimum Gasteiger partial charge on any atom is -0.350 e. The van der Waals surface area contributed by atoms with Gasteiger partial charge in [-0.25, -0.2) is 0 Å². The second-order valence-electron chi connectivity index (χ2n) is 4.86. The summed E-state index contributed by atoms with van der Waals surface area (Å²) in [7, 11) is 4.04. The molecule has 6 heteroatoms. The van der Waals surface area contributed by atoms with E-state index in [2.05, 4.69) is 20.5 Å². The Labute approximate surface area is 118 Å². The van der Waals surface area contributed by atoms with Gasteiger partial charge in [0.25, 0.3) is 5.91 Å². The number of carbonyl (C=O) groups excluding carboxylic acids is 1. The summed E-state index contributed by atoms with van der Waals surface area (Å²) in [5, 5.41) is 10.4. The minimum absolute atomic E-state index is 0.0680. The number of carbonyl (C=O) groups is 1. The smallest absolute Gasteiger partial charge is 0.251 e. The Balaban J connectivity index is 1.82. The van der Waals surface area contributed by atoms with Gasteiger partial charge in [0, 0.05) is 24.8 Å². The zero-order valence-electron chi connectivity index (χ0n) is 11.8. The van der Waals surface area contributed by atoms with Crippen LogP contribution in [0.4, 0.5) is 0 Å². The van der Waals surface area contributed by atoms with E-state index in [1.54, 1.807) is 17.1 Å². The lowest BCUT2D eigenvalue weighted by atomic mass is 10.1. The second kappa shape index (κ2) is 6.81. The van der Waals surface area contributed by atoms with Gasteiger partial charge in [-0.3, -0.25) is 9.48 Å². The maximum atomic E-state index is 11.9. The number of rotatable bonds is 6. The minimum atomic E-state index is -0.0680. The van der Waals surface area contributed by atoms with Crippen LogP contribution in [0.2, 0.25) is 0 Å². The first-order chi connectivity index (χ1) is 9.65. The van der Waals surface area contributed by atoms with E-state index in [9.17, 15) is 4.79 Å². The lowest BCUT2D eigenvalue weighted by Crippen LogP contribution is -2.27. The summed E-state index contributed by atoms with van der Waals surface area (Å²) in [6.07, 6.45) is 3.38. The molecule has 2 aromatic rings. The van der Waals surface area contributed by atoms with Gasteiger partial charge in [0.1, 0.15) is 0 Å². The molecule has 0 aliphatic rings. The van der Waals surface area contributed by atoms with Crippen LogP contribution >= 0.6 is 0 Å². The molecule has 0 aliphatic carbocycles. The summed E-state index contributed by atoms with van der Waals surface area (Å²) >= 11 is 0. The molecule has 0 bridgehead atoms. The van der Waals surface area contributed by atoms with Crippen molar-refractivity contribution in [2.45, 2.75) is 13.1 Å². The third-order valence-electron chi connectivity index (χ3n) is 2.81. The van der Waals surface area contributed by atoms with Gasteiger partial charge in [0.05, 0.1) is 12.7 Å². The highest BCUT2D eigenvalue weighted by Crippen LogP contribution is 2.06. The molecule has 0 fully saturated rings. The highest BCUT2D eigenvalue weighted by atomic mass is 16.1. The number of nitrogens with one attached hydrogen (secondary N) is 1. The van der Waals surface area contributed by atoms with Crippen molar-refractivity contribution in [2.75, 3.05) is 20.6 Å². The van der Waals surface area contributed by atoms with Crippen LogP contribution in [0.1, 0.15) is 15.9 Å². The summed E-state index contributed by atoms with van der Waals surface area (Å²) in [5.41, 5.74) is 1.86. The SMILES string of the molecule is CN(C)Cc1ccc(C(=O)NCCn2ccnn2)cc1. The summed E-state index contributed by atoms with van der Waals surface area (Å²) in [5.74, 6) is -0.0680. The number of nitrogens with zero attached hydrogens (tertiary/aromatic N) is 4. The van der Waals surface area contributed by atoms with E-state index in [4.69, 9.17) is 0 Å². The molecule has 0 atom stereocenters. The average Bonchev–Trinajstić information content (AvgIpc) is 2.92. The molecule has 2 rings (SSSR count). The van der Waals surface area contributed by atoms with Crippen LogP contribution in [0.15, 0.2) is 36.7 Å². The Morgan fingerprint density at radius 2 is 2.05 bits per heavy atom. The van der Waals surface area contributed by atoms with Crippen LogP contribution in [0.5, 0.6) is 0 Å². The van der Waals surface area contributed by atoms with Gasteiger partial charge < -0.3 is 10.2 Å². The van der Waals surface area contributed by atoms with Crippen molar-refractivity contribution < 1.29 is 4.79 Å². The lowest BCUT2D eigenvalue weighted by Gasteiger charge is -2.10. The number of hydrogen-bond acceptors (Lipinski definition) is 4. The van der Waals surface area contributed by atoms with Gasteiger partial charge >= 0.3 is 0 Å². The Morgan fingerprint density at radius 1 is 1.30 bits per heavy atom. The largest absolute Gasteiger partial charge is 0.350 e.